The highest BCUT2D eigenvalue weighted by molar-refractivity contribution is 9.10. The molecule has 2 aromatic rings. The summed E-state index contributed by atoms with van der Waals surface area (Å²) in [5.74, 6) is 0.810. The third-order valence-corrected chi connectivity index (χ3v) is 6.66. The standard InChI is InChI=1S/C12H13BrN2O4S2/c1-18-10-5-8(14)9(6-11(10)19-2)15-21(16,17)12-7(13)3-4-20-12/h3-6,15H,14H2,1-2H3. The van der Waals surface area contributed by atoms with Gasteiger partial charge in [-0.15, -0.1) is 11.3 Å². The van der Waals surface area contributed by atoms with Crippen molar-refractivity contribution in [1.82, 2.24) is 0 Å². The molecule has 0 amide bonds. The van der Waals surface area contributed by atoms with Crippen molar-refractivity contribution in [3.8, 4) is 11.5 Å². The number of nitrogens with two attached hydrogens (primary N) is 1. The van der Waals surface area contributed by atoms with Gasteiger partial charge in [0.25, 0.3) is 10.0 Å². The molecular weight excluding hydrogens is 380 g/mol. The normalized spacial score (nSPS) is 11.2. The van der Waals surface area contributed by atoms with Gasteiger partial charge in [0.05, 0.1) is 25.6 Å². The quantitative estimate of drug-likeness (QED) is 0.763. The molecule has 0 aliphatic heterocycles. The Kier molecular flexibility index (Phi) is 4.64. The first-order valence-electron chi connectivity index (χ1n) is 5.66. The molecule has 0 unspecified atom stereocenters. The van der Waals surface area contributed by atoms with E-state index < -0.39 is 10.0 Å². The van der Waals surface area contributed by atoms with Crippen molar-refractivity contribution in [3.05, 3.63) is 28.1 Å². The highest BCUT2D eigenvalue weighted by Crippen LogP contribution is 2.37. The summed E-state index contributed by atoms with van der Waals surface area (Å²) >= 11 is 4.31. The van der Waals surface area contributed by atoms with Gasteiger partial charge in [-0.05, 0) is 27.4 Å². The predicted octanol–water partition coefficient (Wildman–Crippen LogP) is 2.91. The van der Waals surface area contributed by atoms with E-state index in [1.807, 2.05) is 0 Å². The molecule has 21 heavy (non-hydrogen) atoms. The third kappa shape index (κ3) is 3.25. The van der Waals surface area contributed by atoms with Gasteiger partial charge in [0.15, 0.2) is 15.7 Å². The van der Waals surface area contributed by atoms with Crippen LogP contribution in [0.15, 0.2) is 32.3 Å². The van der Waals surface area contributed by atoms with Gasteiger partial charge in [-0.25, -0.2) is 8.42 Å². The van der Waals surface area contributed by atoms with Crippen LogP contribution in [0.5, 0.6) is 11.5 Å². The maximum Gasteiger partial charge on any atom is 0.272 e. The second kappa shape index (κ2) is 6.12. The molecule has 9 heteroatoms. The van der Waals surface area contributed by atoms with E-state index in [0.29, 0.717) is 16.0 Å². The summed E-state index contributed by atoms with van der Waals surface area (Å²) in [6, 6.07) is 4.64. The fourth-order valence-corrected chi connectivity index (χ4v) is 5.06. The lowest BCUT2D eigenvalue weighted by Gasteiger charge is -2.14. The lowest BCUT2D eigenvalue weighted by molar-refractivity contribution is 0.355. The average molecular weight is 393 g/mol. The van der Waals surface area contributed by atoms with E-state index in [-0.39, 0.29) is 15.6 Å². The molecule has 3 N–H and O–H groups in total. The van der Waals surface area contributed by atoms with Gasteiger partial charge in [-0.1, -0.05) is 0 Å². The van der Waals surface area contributed by atoms with E-state index in [4.69, 9.17) is 15.2 Å². The zero-order valence-corrected chi connectivity index (χ0v) is 14.4. The van der Waals surface area contributed by atoms with Crippen molar-refractivity contribution in [2.75, 3.05) is 24.7 Å². The molecule has 0 spiro atoms. The number of halogens is 1. The van der Waals surface area contributed by atoms with Gasteiger partial charge >= 0.3 is 0 Å². The van der Waals surface area contributed by atoms with Gasteiger partial charge in [-0.2, -0.15) is 0 Å². The van der Waals surface area contributed by atoms with Crippen molar-refractivity contribution >= 4 is 48.7 Å². The van der Waals surface area contributed by atoms with Crippen molar-refractivity contribution in [2.45, 2.75) is 4.21 Å². The molecule has 0 saturated heterocycles. The summed E-state index contributed by atoms with van der Waals surface area (Å²) in [4.78, 5) is 0. The van der Waals surface area contributed by atoms with E-state index in [1.165, 1.54) is 26.4 Å². The molecule has 1 aromatic heterocycles. The lowest BCUT2D eigenvalue weighted by atomic mass is 10.2. The highest BCUT2D eigenvalue weighted by Gasteiger charge is 2.21. The first-order chi connectivity index (χ1) is 9.89. The molecule has 0 atom stereocenters. The highest BCUT2D eigenvalue weighted by atomic mass is 79.9. The third-order valence-electron chi connectivity index (χ3n) is 2.63. The van der Waals surface area contributed by atoms with Crippen LogP contribution in [0.3, 0.4) is 0 Å². The number of sulfonamides is 1. The van der Waals surface area contributed by atoms with Gasteiger partial charge < -0.3 is 15.2 Å². The summed E-state index contributed by atoms with van der Waals surface area (Å²) in [7, 11) is -0.786. The minimum absolute atomic E-state index is 0.177. The van der Waals surface area contributed by atoms with Crippen LogP contribution in [0.1, 0.15) is 0 Å². The Morgan fingerprint density at radius 1 is 1.24 bits per heavy atom. The van der Waals surface area contributed by atoms with Gasteiger partial charge in [0.2, 0.25) is 0 Å². The second-order valence-electron chi connectivity index (χ2n) is 3.96. The summed E-state index contributed by atoms with van der Waals surface area (Å²) < 4.78 is 38.0. The molecular formula is C12H13BrN2O4S2. The number of thiophene rings is 1. The minimum atomic E-state index is -3.72. The molecule has 114 valence electrons. The van der Waals surface area contributed by atoms with Gasteiger partial charge in [0, 0.05) is 16.6 Å². The summed E-state index contributed by atoms with van der Waals surface area (Å²) in [6.45, 7) is 0. The van der Waals surface area contributed by atoms with Crippen molar-refractivity contribution in [1.29, 1.82) is 0 Å². The maximum atomic E-state index is 12.3. The molecule has 0 radical (unpaired) electrons. The Labute approximate surface area is 135 Å². The first kappa shape index (κ1) is 15.9. The molecule has 0 aliphatic carbocycles. The number of hydrogen-bond donors (Lipinski definition) is 2. The molecule has 1 aromatic carbocycles. The Morgan fingerprint density at radius 3 is 2.38 bits per heavy atom. The zero-order chi connectivity index (χ0) is 15.6. The van der Waals surface area contributed by atoms with Gasteiger partial charge in [-0.3, -0.25) is 4.72 Å². The topological polar surface area (TPSA) is 90.6 Å². The number of nitrogens with one attached hydrogen (secondary N) is 1. The number of hydrogen-bond acceptors (Lipinski definition) is 6. The monoisotopic (exact) mass is 392 g/mol. The molecule has 1 heterocycles. The molecule has 0 aliphatic rings. The number of anilines is 2. The molecule has 0 bridgehead atoms. The zero-order valence-electron chi connectivity index (χ0n) is 11.2. The molecule has 0 fully saturated rings. The summed E-state index contributed by atoms with van der Waals surface area (Å²) in [5.41, 5.74) is 6.32. The Bertz CT molecular complexity index is 759. The minimum Gasteiger partial charge on any atom is -0.493 e. The summed E-state index contributed by atoms with van der Waals surface area (Å²) in [5, 5.41) is 1.68. The smallest absolute Gasteiger partial charge is 0.272 e. The molecule has 2 rings (SSSR count). The fourth-order valence-electron chi connectivity index (χ4n) is 1.65. The van der Waals surface area contributed by atoms with Crippen molar-refractivity contribution in [2.24, 2.45) is 0 Å². The Morgan fingerprint density at radius 2 is 1.86 bits per heavy atom. The van der Waals surface area contributed by atoms with E-state index in [1.54, 1.807) is 11.4 Å². The van der Waals surface area contributed by atoms with E-state index in [0.717, 1.165) is 11.3 Å². The Balaban J connectivity index is 2.42. The first-order valence-corrected chi connectivity index (χ1v) is 8.82. The molecule has 0 saturated carbocycles. The van der Waals surface area contributed by atoms with E-state index in [2.05, 4.69) is 20.7 Å². The van der Waals surface area contributed by atoms with Crippen LogP contribution in [0, 0.1) is 0 Å². The molecule has 6 nitrogen and oxygen atoms in total. The number of benzene rings is 1. The van der Waals surface area contributed by atoms with E-state index >= 15 is 0 Å². The number of nitrogen functional groups attached to an aromatic ring is 1. The van der Waals surface area contributed by atoms with E-state index in [9.17, 15) is 8.42 Å². The number of rotatable bonds is 5. The van der Waals surface area contributed by atoms with Crippen LogP contribution in [-0.4, -0.2) is 22.6 Å². The fraction of sp³-hybridized carbons (Fsp3) is 0.167. The Hall–Kier alpha value is -1.45. The van der Waals surface area contributed by atoms with Crippen molar-refractivity contribution < 1.29 is 17.9 Å². The lowest BCUT2D eigenvalue weighted by Crippen LogP contribution is -2.13. The second-order valence-corrected chi connectivity index (χ2v) is 7.60. The number of methoxy groups -OCH3 is 2. The van der Waals surface area contributed by atoms with Crippen LogP contribution in [-0.2, 0) is 10.0 Å². The van der Waals surface area contributed by atoms with Crippen LogP contribution in [0.25, 0.3) is 0 Å². The van der Waals surface area contributed by atoms with Crippen molar-refractivity contribution in [3.63, 3.8) is 0 Å². The van der Waals surface area contributed by atoms with Gasteiger partial charge in [0.1, 0.15) is 0 Å². The average Bonchev–Trinajstić information content (AvgIpc) is 2.87. The predicted molar refractivity (Wildman–Crippen MR) is 86.8 cm³/mol. The maximum absolute atomic E-state index is 12.3. The van der Waals surface area contributed by atoms with Crippen LogP contribution < -0.4 is 19.9 Å². The van der Waals surface area contributed by atoms with Crippen LogP contribution >= 0.6 is 27.3 Å². The number of ether oxygens (including phenoxy) is 2. The SMILES string of the molecule is COc1cc(N)c(NS(=O)(=O)c2sccc2Br)cc1OC. The summed E-state index contributed by atoms with van der Waals surface area (Å²) in [6.07, 6.45) is 0. The largest absolute Gasteiger partial charge is 0.493 e. The van der Waals surface area contributed by atoms with Crippen LogP contribution in [0.4, 0.5) is 11.4 Å². The van der Waals surface area contributed by atoms with Crippen LogP contribution in [0.2, 0.25) is 0 Å².